The predicted molar refractivity (Wildman–Crippen MR) is 142 cm³/mol. The van der Waals surface area contributed by atoms with Crippen LogP contribution in [0.25, 0.3) is 0 Å². The number of methoxy groups -OCH3 is 1. The Morgan fingerprint density at radius 2 is 1.59 bits per heavy atom. The number of amides is 2. The van der Waals surface area contributed by atoms with Gasteiger partial charge in [0.05, 0.1) is 17.7 Å². The molecule has 0 spiro atoms. The van der Waals surface area contributed by atoms with E-state index in [4.69, 9.17) is 4.74 Å². The highest BCUT2D eigenvalue weighted by atomic mass is 79.9. The van der Waals surface area contributed by atoms with Crippen molar-refractivity contribution in [3.63, 3.8) is 0 Å². The van der Waals surface area contributed by atoms with E-state index in [2.05, 4.69) is 21.2 Å². The summed E-state index contributed by atoms with van der Waals surface area (Å²) in [7, 11) is -1.33. The fraction of sp³-hybridized carbons (Fsp3) is 0.231. The van der Waals surface area contributed by atoms with E-state index in [1.165, 1.54) is 55.5 Å². The van der Waals surface area contributed by atoms with Gasteiger partial charge in [0.1, 0.15) is 24.2 Å². The maximum Gasteiger partial charge on any atom is 0.264 e. The smallest absolute Gasteiger partial charge is 0.264 e. The van der Waals surface area contributed by atoms with Crippen LogP contribution in [0.5, 0.6) is 5.75 Å². The molecule has 0 aliphatic heterocycles. The number of ether oxygens (including phenoxy) is 1. The summed E-state index contributed by atoms with van der Waals surface area (Å²) >= 11 is 3.37. The molecule has 0 aliphatic rings. The van der Waals surface area contributed by atoms with E-state index in [0.717, 1.165) is 26.5 Å². The van der Waals surface area contributed by atoms with Crippen molar-refractivity contribution in [1.82, 2.24) is 10.2 Å². The van der Waals surface area contributed by atoms with Gasteiger partial charge in [-0.1, -0.05) is 28.1 Å². The van der Waals surface area contributed by atoms with Gasteiger partial charge in [0.2, 0.25) is 11.8 Å². The van der Waals surface area contributed by atoms with Crippen molar-refractivity contribution in [1.29, 1.82) is 0 Å². The molecule has 0 fully saturated rings. The second kappa shape index (κ2) is 12.2. The Hall–Kier alpha value is -3.44. The monoisotopic (exact) mass is 591 g/mol. The largest absolute Gasteiger partial charge is 0.497 e. The number of nitrogens with zero attached hydrogens (tertiary/aromatic N) is 2. The fourth-order valence-electron chi connectivity index (χ4n) is 3.59. The summed E-state index contributed by atoms with van der Waals surface area (Å²) in [5, 5.41) is 2.53. The number of sulfonamides is 1. The van der Waals surface area contributed by atoms with E-state index < -0.39 is 40.2 Å². The molecular weight excluding hydrogens is 565 g/mol. The standard InChI is InChI=1S/C26H27BrFN3O5S/c1-18(26(33)29-2)30(16-19-4-6-20(27)7-5-19)25(32)17-31(22-10-8-21(28)9-11-22)37(34,35)24-14-12-23(36-3)13-15-24/h4-15,18H,16-17H2,1-3H3,(H,29,33)/t18-/m0/s1. The Kier molecular flexibility index (Phi) is 9.28. The van der Waals surface area contributed by atoms with Crippen molar-refractivity contribution < 1.29 is 27.1 Å². The van der Waals surface area contributed by atoms with Crippen LogP contribution in [0.2, 0.25) is 0 Å². The van der Waals surface area contributed by atoms with Gasteiger partial charge in [0.15, 0.2) is 0 Å². The zero-order valence-corrected chi connectivity index (χ0v) is 22.9. The summed E-state index contributed by atoms with van der Waals surface area (Å²) in [5.41, 5.74) is 0.848. The van der Waals surface area contributed by atoms with Crippen LogP contribution in [0, 0.1) is 5.82 Å². The van der Waals surface area contributed by atoms with Gasteiger partial charge < -0.3 is 15.0 Å². The molecule has 0 unspecified atom stereocenters. The highest BCUT2D eigenvalue weighted by molar-refractivity contribution is 9.10. The Labute approximate surface area is 224 Å². The van der Waals surface area contributed by atoms with Gasteiger partial charge in [-0.3, -0.25) is 13.9 Å². The lowest BCUT2D eigenvalue weighted by molar-refractivity contribution is -0.139. The van der Waals surface area contributed by atoms with Gasteiger partial charge in [-0.25, -0.2) is 12.8 Å². The first-order valence-corrected chi connectivity index (χ1v) is 13.5. The van der Waals surface area contributed by atoms with E-state index in [0.29, 0.717) is 5.75 Å². The summed E-state index contributed by atoms with van der Waals surface area (Å²) in [6.07, 6.45) is 0. The number of likely N-dealkylation sites (N-methyl/N-ethyl adjacent to an activating group) is 1. The van der Waals surface area contributed by atoms with E-state index in [9.17, 15) is 22.4 Å². The molecule has 196 valence electrons. The Bertz CT molecular complexity index is 1330. The van der Waals surface area contributed by atoms with Crippen molar-refractivity contribution in [3.8, 4) is 5.75 Å². The Morgan fingerprint density at radius 1 is 1.00 bits per heavy atom. The molecule has 2 amide bonds. The summed E-state index contributed by atoms with van der Waals surface area (Å²) in [5.74, 6) is -1.11. The van der Waals surface area contributed by atoms with Crippen molar-refractivity contribution in [2.45, 2.75) is 24.4 Å². The second-order valence-electron chi connectivity index (χ2n) is 8.10. The van der Waals surface area contributed by atoms with E-state index >= 15 is 0 Å². The van der Waals surface area contributed by atoms with Crippen molar-refractivity contribution in [3.05, 3.63) is 88.6 Å². The van der Waals surface area contributed by atoms with Gasteiger partial charge in [0.25, 0.3) is 10.0 Å². The number of rotatable bonds is 10. The quantitative estimate of drug-likeness (QED) is 0.385. The third-order valence-corrected chi connectivity index (χ3v) is 8.04. The maximum atomic E-state index is 13.7. The van der Waals surface area contributed by atoms with Crippen LogP contribution in [0.1, 0.15) is 12.5 Å². The average Bonchev–Trinajstić information content (AvgIpc) is 2.91. The molecule has 0 aromatic heterocycles. The van der Waals surface area contributed by atoms with E-state index in [-0.39, 0.29) is 17.1 Å². The predicted octanol–water partition coefficient (Wildman–Crippen LogP) is 3.96. The third kappa shape index (κ3) is 6.86. The number of carbonyl (C=O) groups excluding carboxylic acids is 2. The zero-order valence-electron chi connectivity index (χ0n) is 20.5. The topological polar surface area (TPSA) is 96.0 Å². The lowest BCUT2D eigenvalue weighted by Crippen LogP contribution is -2.50. The summed E-state index contributed by atoms with van der Waals surface area (Å²) in [6.45, 7) is 1.02. The number of halogens is 2. The molecule has 0 saturated carbocycles. The molecule has 0 heterocycles. The SMILES string of the molecule is CNC(=O)[C@H](C)N(Cc1ccc(Br)cc1)C(=O)CN(c1ccc(F)cc1)S(=O)(=O)c1ccc(OC)cc1. The normalized spacial score (nSPS) is 11.9. The minimum atomic E-state index is -4.25. The minimum absolute atomic E-state index is 0.0700. The molecule has 1 atom stereocenters. The fourth-order valence-corrected chi connectivity index (χ4v) is 5.27. The lowest BCUT2D eigenvalue weighted by Gasteiger charge is -2.31. The van der Waals surface area contributed by atoms with E-state index in [1.54, 1.807) is 19.1 Å². The van der Waals surface area contributed by atoms with Crippen LogP contribution >= 0.6 is 15.9 Å². The van der Waals surface area contributed by atoms with Gasteiger partial charge in [-0.15, -0.1) is 0 Å². The number of anilines is 1. The Balaban J connectivity index is 2.01. The van der Waals surface area contributed by atoms with Crippen molar-refractivity contribution in [2.75, 3.05) is 25.0 Å². The van der Waals surface area contributed by atoms with Gasteiger partial charge in [-0.05, 0) is 73.2 Å². The molecule has 0 radical (unpaired) electrons. The van der Waals surface area contributed by atoms with Gasteiger partial charge in [0, 0.05) is 18.1 Å². The van der Waals surface area contributed by atoms with Crippen LogP contribution in [0.4, 0.5) is 10.1 Å². The molecule has 3 aromatic carbocycles. The minimum Gasteiger partial charge on any atom is -0.497 e. The van der Waals surface area contributed by atoms with Crippen LogP contribution in [-0.4, -0.2) is 51.9 Å². The van der Waals surface area contributed by atoms with Crippen LogP contribution in [0.3, 0.4) is 0 Å². The summed E-state index contributed by atoms with van der Waals surface area (Å²) in [4.78, 5) is 27.3. The first-order valence-electron chi connectivity index (χ1n) is 11.2. The third-order valence-electron chi connectivity index (χ3n) is 5.72. The summed E-state index contributed by atoms with van der Waals surface area (Å²) < 4.78 is 47.8. The molecule has 0 bridgehead atoms. The van der Waals surface area contributed by atoms with Crippen LogP contribution in [0.15, 0.2) is 82.2 Å². The molecule has 0 aliphatic carbocycles. The number of carbonyl (C=O) groups is 2. The Morgan fingerprint density at radius 3 is 2.14 bits per heavy atom. The highest BCUT2D eigenvalue weighted by Crippen LogP contribution is 2.26. The number of benzene rings is 3. The molecule has 0 saturated heterocycles. The maximum absolute atomic E-state index is 13.7. The van der Waals surface area contributed by atoms with Crippen LogP contribution in [-0.2, 0) is 26.2 Å². The lowest BCUT2D eigenvalue weighted by atomic mass is 10.1. The molecule has 1 N–H and O–H groups in total. The molecule has 11 heteroatoms. The number of hydrogen-bond donors (Lipinski definition) is 1. The number of hydrogen-bond acceptors (Lipinski definition) is 5. The highest BCUT2D eigenvalue weighted by Gasteiger charge is 2.32. The second-order valence-corrected chi connectivity index (χ2v) is 10.9. The average molecular weight is 592 g/mol. The molecule has 8 nitrogen and oxygen atoms in total. The first-order chi connectivity index (χ1) is 17.6. The molecule has 3 aromatic rings. The van der Waals surface area contributed by atoms with Crippen molar-refractivity contribution >= 4 is 43.5 Å². The molecular formula is C26H27BrFN3O5S. The first kappa shape index (κ1) is 28.1. The molecule has 3 rings (SSSR count). The molecule has 37 heavy (non-hydrogen) atoms. The van der Waals surface area contributed by atoms with Crippen molar-refractivity contribution in [2.24, 2.45) is 0 Å². The zero-order chi connectivity index (χ0) is 27.2. The van der Waals surface area contributed by atoms with Crippen LogP contribution < -0.4 is 14.4 Å². The van der Waals surface area contributed by atoms with Gasteiger partial charge >= 0.3 is 0 Å². The van der Waals surface area contributed by atoms with E-state index in [1.807, 2.05) is 12.1 Å². The van der Waals surface area contributed by atoms with Gasteiger partial charge in [-0.2, -0.15) is 0 Å². The summed E-state index contributed by atoms with van der Waals surface area (Å²) in [6, 6.07) is 16.8. The number of nitrogens with one attached hydrogen (secondary N) is 1.